The van der Waals surface area contributed by atoms with E-state index in [0.29, 0.717) is 0 Å². The molecule has 0 aliphatic heterocycles. The molecular weight excluding hydrogens is 151 g/mol. The standard InChI is InChI=1S/C6H5FO.CH4S/c7-5-1-3-6(8)4-2-5;1-2/h1-4,8H;2H,1H3. The Morgan fingerprint density at radius 3 is 1.90 bits per heavy atom. The fraction of sp³-hybridized carbons (Fsp3) is 0.143. The Morgan fingerprint density at radius 2 is 1.60 bits per heavy atom. The summed E-state index contributed by atoms with van der Waals surface area (Å²) < 4.78 is 12.0. The zero-order valence-corrected chi connectivity index (χ0v) is 6.48. The van der Waals surface area contributed by atoms with E-state index in [1.807, 2.05) is 0 Å². The molecule has 0 atom stereocenters. The van der Waals surface area contributed by atoms with Gasteiger partial charge in [-0.2, -0.15) is 12.6 Å². The molecule has 0 amide bonds. The third-order valence-electron chi connectivity index (χ3n) is 0.827. The van der Waals surface area contributed by atoms with Gasteiger partial charge in [-0.3, -0.25) is 0 Å². The maximum absolute atomic E-state index is 12.0. The second kappa shape index (κ2) is 5.11. The number of hydrogen-bond acceptors (Lipinski definition) is 2. The highest BCUT2D eigenvalue weighted by molar-refractivity contribution is 7.79. The second-order valence-corrected chi connectivity index (χ2v) is 1.48. The molecule has 1 rings (SSSR count). The summed E-state index contributed by atoms with van der Waals surface area (Å²) >= 11 is 3.53. The number of rotatable bonds is 0. The summed E-state index contributed by atoms with van der Waals surface area (Å²) in [6, 6.07) is 5.01. The molecule has 1 aromatic carbocycles. The smallest absolute Gasteiger partial charge is 0.123 e. The van der Waals surface area contributed by atoms with E-state index in [2.05, 4.69) is 12.6 Å². The van der Waals surface area contributed by atoms with Crippen molar-refractivity contribution in [2.75, 3.05) is 6.26 Å². The molecular formula is C7H9FOS. The maximum Gasteiger partial charge on any atom is 0.123 e. The third-order valence-corrected chi connectivity index (χ3v) is 0.827. The average molecular weight is 160 g/mol. The highest BCUT2D eigenvalue weighted by Gasteiger charge is 1.85. The van der Waals surface area contributed by atoms with Crippen LogP contribution in [0.5, 0.6) is 5.75 Å². The quantitative estimate of drug-likeness (QED) is 0.557. The first-order chi connectivity index (χ1) is 4.79. The van der Waals surface area contributed by atoms with Gasteiger partial charge in [0.15, 0.2) is 0 Å². The largest absolute Gasteiger partial charge is 0.508 e. The van der Waals surface area contributed by atoms with Crippen LogP contribution in [-0.4, -0.2) is 11.4 Å². The molecule has 0 unspecified atom stereocenters. The van der Waals surface area contributed by atoms with Crippen molar-refractivity contribution < 1.29 is 9.50 Å². The van der Waals surface area contributed by atoms with Crippen molar-refractivity contribution in [3.05, 3.63) is 30.1 Å². The Bertz CT molecular complexity index is 152. The number of phenolic OH excluding ortho intramolecular Hbond substituents is 1. The first kappa shape index (κ1) is 9.30. The van der Waals surface area contributed by atoms with Crippen LogP contribution < -0.4 is 0 Å². The summed E-state index contributed by atoms with van der Waals surface area (Å²) in [6.07, 6.45) is 1.69. The summed E-state index contributed by atoms with van der Waals surface area (Å²) in [5, 5.41) is 8.59. The number of phenols is 1. The van der Waals surface area contributed by atoms with Crippen LogP contribution in [0.15, 0.2) is 24.3 Å². The van der Waals surface area contributed by atoms with Gasteiger partial charge in [0.2, 0.25) is 0 Å². The number of halogens is 1. The van der Waals surface area contributed by atoms with Crippen molar-refractivity contribution in [3.63, 3.8) is 0 Å². The van der Waals surface area contributed by atoms with Crippen LogP contribution in [0, 0.1) is 5.82 Å². The van der Waals surface area contributed by atoms with E-state index in [-0.39, 0.29) is 11.6 Å². The Balaban J connectivity index is 0.000000371. The highest BCUT2D eigenvalue weighted by Crippen LogP contribution is 2.06. The van der Waals surface area contributed by atoms with E-state index in [4.69, 9.17) is 5.11 Å². The molecule has 0 bridgehead atoms. The molecule has 0 radical (unpaired) electrons. The van der Waals surface area contributed by atoms with Crippen molar-refractivity contribution in [1.29, 1.82) is 0 Å². The van der Waals surface area contributed by atoms with Gasteiger partial charge < -0.3 is 5.11 Å². The summed E-state index contributed by atoms with van der Waals surface area (Å²) in [4.78, 5) is 0. The molecule has 0 spiro atoms. The monoisotopic (exact) mass is 160 g/mol. The molecule has 1 nitrogen and oxygen atoms in total. The van der Waals surface area contributed by atoms with Gasteiger partial charge in [0.05, 0.1) is 0 Å². The second-order valence-electron chi connectivity index (χ2n) is 1.48. The minimum Gasteiger partial charge on any atom is -0.508 e. The van der Waals surface area contributed by atoms with Crippen molar-refractivity contribution >= 4 is 12.6 Å². The van der Waals surface area contributed by atoms with Gasteiger partial charge >= 0.3 is 0 Å². The van der Waals surface area contributed by atoms with Crippen LogP contribution >= 0.6 is 12.6 Å². The van der Waals surface area contributed by atoms with E-state index in [1.54, 1.807) is 6.26 Å². The Morgan fingerprint density at radius 1 is 1.20 bits per heavy atom. The molecule has 0 aliphatic carbocycles. The van der Waals surface area contributed by atoms with Crippen LogP contribution in [0.2, 0.25) is 0 Å². The molecule has 0 saturated heterocycles. The van der Waals surface area contributed by atoms with E-state index in [0.717, 1.165) is 0 Å². The molecule has 10 heavy (non-hydrogen) atoms. The third kappa shape index (κ3) is 3.35. The van der Waals surface area contributed by atoms with E-state index >= 15 is 0 Å². The van der Waals surface area contributed by atoms with Gasteiger partial charge in [-0.25, -0.2) is 4.39 Å². The lowest BCUT2D eigenvalue weighted by atomic mass is 10.3. The molecule has 0 aromatic heterocycles. The van der Waals surface area contributed by atoms with Gasteiger partial charge in [0.1, 0.15) is 11.6 Å². The molecule has 1 N–H and O–H groups in total. The Labute approximate surface area is 64.9 Å². The molecule has 56 valence electrons. The van der Waals surface area contributed by atoms with Crippen LogP contribution in [0.1, 0.15) is 0 Å². The SMILES string of the molecule is CS.Oc1ccc(F)cc1. The molecule has 0 aliphatic rings. The molecule has 0 heterocycles. The van der Waals surface area contributed by atoms with Crippen LogP contribution in [0.25, 0.3) is 0 Å². The minimum absolute atomic E-state index is 0.0893. The van der Waals surface area contributed by atoms with E-state index < -0.39 is 0 Å². The predicted octanol–water partition coefficient (Wildman–Crippen LogP) is 2.08. The minimum atomic E-state index is -0.331. The zero-order chi connectivity index (χ0) is 7.98. The molecule has 1 aromatic rings. The van der Waals surface area contributed by atoms with Gasteiger partial charge in [-0.15, -0.1) is 0 Å². The predicted molar refractivity (Wildman–Crippen MR) is 43.0 cm³/mol. The summed E-state index contributed by atoms with van der Waals surface area (Å²) in [5.74, 6) is -0.241. The van der Waals surface area contributed by atoms with Gasteiger partial charge in [0.25, 0.3) is 0 Å². The van der Waals surface area contributed by atoms with Crippen molar-refractivity contribution in [3.8, 4) is 5.75 Å². The molecule has 0 fully saturated rings. The maximum atomic E-state index is 12.0. The average Bonchev–Trinajstić information content (AvgIpc) is 2.00. The molecule has 0 saturated carbocycles. The Kier molecular flexibility index (Phi) is 4.76. The lowest BCUT2D eigenvalue weighted by Crippen LogP contribution is -1.67. The first-order valence-electron chi connectivity index (χ1n) is 2.68. The summed E-state index contributed by atoms with van der Waals surface area (Å²) in [6.45, 7) is 0. The van der Waals surface area contributed by atoms with Crippen LogP contribution in [0.4, 0.5) is 4.39 Å². The van der Waals surface area contributed by atoms with Gasteiger partial charge in [-0.05, 0) is 30.5 Å². The van der Waals surface area contributed by atoms with Crippen molar-refractivity contribution in [2.24, 2.45) is 0 Å². The van der Waals surface area contributed by atoms with Crippen LogP contribution in [0.3, 0.4) is 0 Å². The molecule has 3 heteroatoms. The summed E-state index contributed by atoms with van der Waals surface area (Å²) in [7, 11) is 0. The summed E-state index contributed by atoms with van der Waals surface area (Å²) in [5.41, 5.74) is 0. The van der Waals surface area contributed by atoms with Gasteiger partial charge in [0, 0.05) is 0 Å². The number of aromatic hydroxyl groups is 1. The normalized spacial score (nSPS) is 7.90. The van der Waals surface area contributed by atoms with Crippen LogP contribution in [-0.2, 0) is 0 Å². The Hall–Kier alpha value is -0.700. The highest BCUT2D eigenvalue weighted by atomic mass is 32.1. The number of benzene rings is 1. The zero-order valence-electron chi connectivity index (χ0n) is 5.58. The number of thiol groups is 1. The topological polar surface area (TPSA) is 20.2 Å². The first-order valence-corrected chi connectivity index (χ1v) is 3.58. The van der Waals surface area contributed by atoms with E-state index in [1.165, 1.54) is 24.3 Å². The van der Waals surface area contributed by atoms with Crippen molar-refractivity contribution in [1.82, 2.24) is 0 Å². The lowest BCUT2D eigenvalue weighted by Gasteiger charge is -1.86. The van der Waals surface area contributed by atoms with Gasteiger partial charge in [-0.1, -0.05) is 0 Å². The van der Waals surface area contributed by atoms with Crippen molar-refractivity contribution in [2.45, 2.75) is 0 Å². The van der Waals surface area contributed by atoms with E-state index in [9.17, 15) is 4.39 Å². The number of hydrogen-bond donors (Lipinski definition) is 2. The fourth-order valence-corrected chi connectivity index (χ4v) is 0.441. The fourth-order valence-electron chi connectivity index (χ4n) is 0.441. The lowest BCUT2D eigenvalue weighted by molar-refractivity contribution is 0.473.